The third kappa shape index (κ3) is 3.74. The van der Waals surface area contributed by atoms with E-state index in [1.807, 2.05) is 12.1 Å². The summed E-state index contributed by atoms with van der Waals surface area (Å²) in [7, 11) is 3.19. The van der Waals surface area contributed by atoms with Gasteiger partial charge in [0.2, 0.25) is 0 Å². The van der Waals surface area contributed by atoms with Crippen molar-refractivity contribution in [3.8, 4) is 5.75 Å². The van der Waals surface area contributed by atoms with Crippen molar-refractivity contribution in [3.63, 3.8) is 0 Å². The lowest BCUT2D eigenvalue weighted by atomic mass is 9.83. The molecule has 1 rings (SSSR count). The third-order valence-electron chi connectivity index (χ3n) is 4.25. The quantitative estimate of drug-likeness (QED) is 0.745. The highest BCUT2D eigenvalue weighted by molar-refractivity contribution is 5.34. The average molecular weight is 297 g/mol. The molecule has 0 bridgehead atoms. The van der Waals surface area contributed by atoms with Crippen LogP contribution in [-0.4, -0.2) is 26.4 Å². The molecule has 1 aromatic rings. The molecule has 1 N–H and O–H groups in total. The zero-order chi connectivity index (χ0) is 15.9. The van der Waals surface area contributed by atoms with Crippen molar-refractivity contribution in [2.75, 3.05) is 20.8 Å². The van der Waals surface area contributed by atoms with Gasteiger partial charge in [-0.05, 0) is 31.9 Å². The third-order valence-corrected chi connectivity index (χ3v) is 4.25. The molecule has 0 amide bonds. The Balaban J connectivity index is 3.30. The van der Waals surface area contributed by atoms with Crippen molar-refractivity contribution in [2.45, 2.75) is 51.7 Å². The number of rotatable bonds is 9. The van der Waals surface area contributed by atoms with Crippen LogP contribution in [0.25, 0.3) is 0 Å². The molecular weight excluding hydrogens is 269 g/mol. The molecule has 0 radical (unpaired) electrons. The Morgan fingerprint density at radius 2 is 1.86 bits per heavy atom. The lowest BCUT2D eigenvalue weighted by Crippen LogP contribution is -2.45. The van der Waals surface area contributed by atoms with Crippen LogP contribution in [0.4, 0.5) is 4.39 Å². The molecular formula is C17H28FNO2. The van der Waals surface area contributed by atoms with E-state index in [0.29, 0.717) is 5.56 Å². The van der Waals surface area contributed by atoms with Gasteiger partial charge in [0.05, 0.1) is 18.8 Å². The molecule has 0 aliphatic rings. The number of benzene rings is 1. The van der Waals surface area contributed by atoms with E-state index in [4.69, 9.17) is 9.47 Å². The van der Waals surface area contributed by atoms with Crippen molar-refractivity contribution < 1.29 is 13.9 Å². The minimum atomic E-state index is -0.428. The van der Waals surface area contributed by atoms with Crippen LogP contribution in [0.1, 0.15) is 51.6 Å². The first-order valence-corrected chi connectivity index (χ1v) is 7.71. The molecule has 1 atom stereocenters. The first-order chi connectivity index (χ1) is 10.1. The highest BCUT2D eigenvalue weighted by Crippen LogP contribution is 2.37. The second-order valence-corrected chi connectivity index (χ2v) is 5.23. The van der Waals surface area contributed by atoms with Crippen LogP contribution in [0.2, 0.25) is 0 Å². The topological polar surface area (TPSA) is 30.5 Å². The maximum atomic E-state index is 14.7. The van der Waals surface area contributed by atoms with E-state index in [-0.39, 0.29) is 17.6 Å². The summed E-state index contributed by atoms with van der Waals surface area (Å²) in [5.41, 5.74) is 0.177. The van der Waals surface area contributed by atoms with Crippen LogP contribution in [0.15, 0.2) is 18.2 Å². The summed E-state index contributed by atoms with van der Waals surface area (Å²) >= 11 is 0. The lowest BCUT2D eigenvalue weighted by molar-refractivity contribution is -0.0494. The molecule has 0 spiro atoms. The molecule has 0 heterocycles. The fourth-order valence-electron chi connectivity index (χ4n) is 2.84. The second-order valence-electron chi connectivity index (χ2n) is 5.23. The molecule has 120 valence electrons. The molecule has 0 aliphatic carbocycles. The summed E-state index contributed by atoms with van der Waals surface area (Å²) in [6, 6.07) is 5.07. The zero-order valence-electron chi connectivity index (χ0n) is 13.8. The normalized spacial score (nSPS) is 13.2. The maximum absolute atomic E-state index is 14.7. The zero-order valence-corrected chi connectivity index (χ0v) is 13.8. The van der Waals surface area contributed by atoms with Crippen LogP contribution in [0, 0.1) is 5.82 Å². The first kappa shape index (κ1) is 17.9. The van der Waals surface area contributed by atoms with Gasteiger partial charge in [0.15, 0.2) is 11.6 Å². The molecule has 3 nitrogen and oxygen atoms in total. The molecule has 4 heteroatoms. The van der Waals surface area contributed by atoms with Gasteiger partial charge in [-0.1, -0.05) is 32.9 Å². The van der Waals surface area contributed by atoms with Gasteiger partial charge < -0.3 is 14.8 Å². The Morgan fingerprint density at radius 3 is 2.33 bits per heavy atom. The molecule has 0 saturated carbocycles. The number of ether oxygens (including phenoxy) is 2. The van der Waals surface area contributed by atoms with E-state index in [1.165, 1.54) is 7.11 Å². The van der Waals surface area contributed by atoms with Gasteiger partial charge in [0.1, 0.15) is 0 Å². The minimum absolute atomic E-state index is 0.201. The van der Waals surface area contributed by atoms with Crippen LogP contribution in [0.3, 0.4) is 0 Å². The Morgan fingerprint density at radius 1 is 1.19 bits per heavy atom. The summed E-state index contributed by atoms with van der Waals surface area (Å²) in [6.45, 7) is 7.06. The van der Waals surface area contributed by atoms with E-state index in [1.54, 1.807) is 13.2 Å². The summed E-state index contributed by atoms with van der Waals surface area (Å²) < 4.78 is 25.6. The first-order valence-electron chi connectivity index (χ1n) is 7.71. The van der Waals surface area contributed by atoms with E-state index >= 15 is 0 Å². The molecule has 1 unspecified atom stereocenters. The number of hydrogen-bond acceptors (Lipinski definition) is 3. The summed E-state index contributed by atoms with van der Waals surface area (Å²) in [6.07, 6.45) is 2.59. The Hall–Kier alpha value is -1.13. The largest absolute Gasteiger partial charge is 0.494 e. The average Bonchev–Trinajstić information content (AvgIpc) is 2.53. The van der Waals surface area contributed by atoms with Crippen LogP contribution < -0.4 is 10.1 Å². The standard InChI is InChI=1S/C17H28FNO2/c1-6-12-19-16(17(7-2,8-3)21-5)13-10-9-11-14(20-4)15(13)18/h9-11,16,19H,6-8,12H2,1-5H3. The van der Waals surface area contributed by atoms with Gasteiger partial charge in [-0.2, -0.15) is 0 Å². The lowest BCUT2D eigenvalue weighted by Gasteiger charge is -2.39. The van der Waals surface area contributed by atoms with E-state index in [0.717, 1.165) is 25.8 Å². The molecule has 21 heavy (non-hydrogen) atoms. The molecule has 0 aliphatic heterocycles. The van der Waals surface area contributed by atoms with Gasteiger partial charge in [0, 0.05) is 12.7 Å². The molecule has 1 aromatic carbocycles. The number of nitrogens with one attached hydrogen (secondary N) is 1. The fourth-order valence-corrected chi connectivity index (χ4v) is 2.84. The highest BCUT2D eigenvalue weighted by atomic mass is 19.1. The number of hydrogen-bond donors (Lipinski definition) is 1. The Bertz CT molecular complexity index is 425. The van der Waals surface area contributed by atoms with Crippen LogP contribution >= 0.6 is 0 Å². The monoisotopic (exact) mass is 297 g/mol. The van der Waals surface area contributed by atoms with E-state index in [2.05, 4.69) is 26.1 Å². The van der Waals surface area contributed by atoms with E-state index < -0.39 is 5.60 Å². The van der Waals surface area contributed by atoms with Crippen molar-refractivity contribution >= 4 is 0 Å². The fraction of sp³-hybridized carbons (Fsp3) is 0.647. The number of halogens is 1. The summed E-state index contributed by atoms with van der Waals surface area (Å²) in [5, 5.41) is 3.45. The van der Waals surface area contributed by atoms with Crippen LogP contribution in [0.5, 0.6) is 5.75 Å². The van der Waals surface area contributed by atoms with Gasteiger partial charge in [0.25, 0.3) is 0 Å². The van der Waals surface area contributed by atoms with Gasteiger partial charge in [-0.3, -0.25) is 0 Å². The van der Waals surface area contributed by atoms with Crippen molar-refractivity contribution in [1.29, 1.82) is 0 Å². The van der Waals surface area contributed by atoms with Gasteiger partial charge >= 0.3 is 0 Å². The molecule has 0 aromatic heterocycles. The predicted octanol–water partition coefficient (Wildman–Crippen LogP) is 4.08. The van der Waals surface area contributed by atoms with Crippen LogP contribution in [-0.2, 0) is 4.74 Å². The Kier molecular flexibility index (Phi) is 7.12. The second kappa shape index (κ2) is 8.35. The van der Waals surface area contributed by atoms with E-state index in [9.17, 15) is 4.39 Å². The Labute approximate surface area is 127 Å². The summed E-state index contributed by atoms with van der Waals surface area (Å²) in [4.78, 5) is 0. The highest BCUT2D eigenvalue weighted by Gasteiger charge is 2.38. The van der Waals surface area contributed by atoms with Crippen molar-refractivity contribution in [2.24, 2.45) is 0 Å². The maximum Gasteiger partial charge on any atom is 0.169 e. The van der Waals surface area contributed by atoms with Gasteiger partial charge in [-0.15, -0.1) is 0 Å². The number of methoxy groups -OCH3 is 2. The minimum Gasteiger partial charge on any atom is -0.494 e. The van der Waals surface area contributed by atoms with Crippen molar-refractivity contribution in [1.82, 2.24) is 5.32 Å². The van der Waals surface area contributed by atoms with Crippen molar-refractivity contribution in [3.05, 3.63) is 29.6 Å². The van der Waals surface area contributed by atoms with Gasteiger partial charge in [-0.25, -0.2) is 4.39 Å². The SMILES string of the molecule is CCCNC(c1cccc(OC)c1F)C(CC)(CC)OC. The predicted molar refractivity (Wildman–Crippen MR) is 84.3 cm³/mol. The molecule has 0 saturated heterocycles. The smallest absolute Gasteiger partial charge is 0.169 e. The summed E-state index contributed by atoms with van der Waals surface area (Å²) in [5.74, 6) is -0.0371. The molecule has 0 fully saturated rings.